The van der Waals surface area contributed by atoms with Crippen LogP contribution in [-0.2, 0) is 16.0 Å². The van der Waals surface area contributed by atoms with E-state index in [9.17, 15) is 14.0 Å². The highest BCUT2D eigenvalue weighted by Crippen LogP contribution is 2.28. The number of carbonyl (C=O) groups excluding carboxylic acids is 2. The van der Waals surface area contributed by atoms with Crippen LogP contribution in [0.3, 0.4) is 0 Å². The van der Waals surface area contributed by atoms with Gasteiger partial charge in [0.25, 0.3) is 0 Å². The number of nitrogens with one attached hydrogen (secondary N) is 1. The Labute approximate surface area is 129 Å². The summed E-state index contributed by atoms with van der Waals surface area (Å²) in [6, 6.07) is 6.52. The van der Waals surface area contributed by atoms with Crippen molar-refractivity contribution in [2.24, 2.45) is 11.8 Å². The van der Waals surface area contributed by atoms with Crippen molar-refractivity contribution >= 4 is 11.8 Å². The lowest BCUT2D eigenvalue weighted by molar-refractivity contribution is -0.143. The van der Waals surface area contributed by atoms with Crippen LogP contribution in [0.4, 0.5) is 4.39 Å². The summed E-state index contributed by atoms with van der Waals surface area (Å²) < 4.78 is 13.5. The van der Waals surface area contributed by atoms with Gasteiger partial charge in [-0.15, -0.1) is 0 Å². The average Bonchev–Trinajstić information content (AvgIpc) is 3.27. The first-order valence-corrected chi connectivity index (χ1v) is 7.92. The van der Waals surface area contributed by atoms with Crippen LogP contribution in [0.25, 0.3) is 0 Å². The van der Waals surface area contributed by atoms with Gasteiger partial charge in [-0.25, -0.2) is 4.39 Å². The third kappa shape index (κ3) is 3.64. The van der Waals surface area contributed by atoms with E-state index >= 15 is 0 Å². The molecular weight excluding hydrogens is 283 g/mol. The second kappa shape index (κ2) is 6.46. The number of likely N-dealkylation sites (tertiary alicyclic amines) is 1. The lowest BCUT2D eigenvalue weighted by atomic mass is 9.98. The summed E-state index contributed by atoms with van der Waals surface area (Å²) in [5.41, 5.74) is 0.565. The van der Waals surface area contributed by atoms with Crippen molar-refractivity contribution in [1.29, 1.82) is 0 Å². The standard InChI is InChI=1S/C17H21FN2O2/c18-15-4-2-1-3-13(15)7-8-16(21)20-10-14(11-20)17(22)19-9-12-5-6-12/h1-4,12,14H,5-11H2,(H,19,22). The van der Waals surface area contributed by atoms with E-state index in [-0.39, 0.29) is 30.0 Å². The summed E-state index contributed by atoms with van der Waals surface area (Å²) in [4.78, 5) is 25.6. The number of rotatable bonds is 6. The van der Waals surface area contributed by atoms with Gasteiger partial charge in [-0.3, -0.25) is 9.59 Å². The zero-order valence-corrected chi connectivity index (χ0v) is 12.6. The largest absolute Gasteiger partial charge is 0.355 e. The second-order valence-electron chi connectivity index (χ2n) is 6.28. The predicted molar refractivity (Wildman–Crippen MR) is 80.5 cm³/mol. The SMILES string of the molecule is O=C(NCC1CC1)C1CN(C(=O)CCc2ccccc2F)C1. The molecule has 1 aliphatic heterocycles. The third-order valence-electron chi connectivity index (χ3n) is 4.43. The molecule has 0 radical (unpaired) electrons. The first-order chi connectivity index (χ1) is 10.6. The molecule has 1 heterocycles. The minimum atomic E-state index is -0.267. The van der Waals surface area contributed by atoms with Gasteiger partial charge in [-0.1, -0.05) is 18.2 Å². The molecule has 0 spiro atoms. The van der Waals surface area contributed by atoms with Crippen LogP contribution in [0.1, 0.15) is 24.8 Å². The highest BCUT2D eigenvalue weighted by molar-refractivity contribution is 5.84. The molecule has 1 aliphatic carbocycles. The lowest BCUT2D eigenvalue weighted by Crippen LogP contribution is -2.55. The molecule has 1 saturated heterocycles. The summed E-state index contributed by atoms with van der Waals surface area (Å²) in [5.74, 6) is 0.384. The van der Waals surface area contributed by atoms with Crippen molar-refractivity contribution < 1.29 is 14.0 Å². The molecular formula is C17H21FN2O2. The molecule has 1 N–H and O–H groups in total. The number of aryl methyl sites for hydroxylation is 1. The van der Waals surface area contributed by atoms with Crippen molar-refractivity contribution in [2.45, 2.75) is 25.7 Å². The van der Waals surface area contributed by atoms with Gasteiger partial charge in [0.15, 0.2) is 0 Å². The molecule has 0 unspecified atom stereocenters. The van der Waals surface area contributed by atoms with E-state index in [0.717, 1.165) is 6.54 Å². The van der Waals surface area contributed by atoms with Gasteiger partial charge in [0.2, 0.25) is 11.8 Å². The summed E-state index contributed by atoms with van der Waals surface area (Å²) in [6.45, 7) is 1.76. The molecule has 22 heavy (non-hydrogen) atoms. The summed E-state index contributed by atoms with van der Waals surface area (Å²) in [7, 11) is 0. The molecule has 0 bridgehead atoms. The Morgan fingerprint density at radius 3 is 2.64 bits per heavy atom. The number of amides is 2. The number of carbonyl (C=O) groups is 2. The smallest absolute Gasteiger partial charge is 0.226 e. The minimum Gasteiger partial charge on any atom is -0.355 e. The molecule has 1 aromatic rings. The molecule has 0 atom stereocenters. The van der Waals surface area contributed by atoms with E-state index in [1.54, 1.807) is 23.1 Å². The van der Waals surface area contributed by atoms with Crippen LogP contribution in [-0.4, -0.2) is 36.3 Å². The number of nitrogens with zero attached hydrogens (tertiary/aromatic N) is 1. The van der Waals surface area contributed by atoms with Crippen molar-refractivity contribution in [3.05, 3.63) is 35.6 Å². The fraction of sp³-hybridized carbons (Fsp3) is 0.529. The maximum Gasteiger partial charge on any atom is 0.226 e. The number of hydrogen-bond donors (Lipinski definition) is 1. The van der Waals surface area contributed by atoms with Gasteiger partial charge < -0.3 is 10.2 Å². The first kappa shape index (κ1) is 15.0. The maximum atomic E-state index is 13.5. The first-order valence-electron chi connectivity index (χ1n) is 7.92. The summed E-state index contributed by atoms with van der Waals surface area (Å²) >= 11 is 0. The molecule has 4 nitrogen and oxygen atoms in total. The molecule has 0 aromatic heterocycles. The summed E-state index contributed by atoms with van der Waals surface area (Å²) in [6.07, 6.45) is 3.12. The Kier molecular flexibility index (Phi) is 4.41. The van der Waals surface area contributed by atoms with E-state index in [4.69, 9.17) is 0 Å². The third-order valence-corrected chi connectivity index (χ3v) is 4.43. The van der Waals surface area contributed by atoms with Gasteiger partial charge in [0.05, 0.1) is 5.92 Å². The van der Waals surface area contributed by atoms with E-state index < -0.39 is 0 Å². The van der Waals surface area contributed by atoms with Crippen LogP contribution in [0.15, 0.2) is 24.3 Å². The maximum absolute atomic E-state index is 13.5. The molecule has 3 rings (SSSR count). The fourth-order valence-electron chi connectivity index (χ4n) is 2.66. The zero-order chi connectivity index (χ0) is 15.5. The Morgan fingerprint density at radius 1 is 1.23 bits per heavy atom. The van der Waals surface area contributed by atoms with Gasteiger partial charge in [-0.05, 0) is 36.8 Å². The summed E-state index contributed by atoms with van der Waals surface area (Å²) in [5, 5.41) is 2.94. The highest BCUT2D eigenvalue weighted by Gasteiger charge is 2.35. The zero-order valence-electron chi connectivity index (χ0n) is 12.6. The highest BCUT2D eigenvalue weighted by atomic mass is 19.1. The van der Waals surface area contributed by atoms with Crippen molar-refractivity contribution in [1.82, 2.24) is 10.2 Å². The number of benzene rings is 1. The van der Waals surface area contributed by atoms with E-state index in [0.29, 0.717) is 31.0 Å². The Morgan fingerprint density at radius 2 is 1.95 bits per heavy atom. The number of hydrogen-bond acceptors (Lipinski definition) is 2. The second-order valence-corrected chi connectivity index (χ2v) is 6.28. The number of halogens is 1. The monoisotopic (exact) mass is 304 g/mol. The van der Waals surface area contributed by atoms with Crippen LogP contribution in [0.2, 0.25) is 0 Å². The topological polar surface area (TPSA) is 49.4 Å². The average molecular weight is 304 g/mol. The molecule has 1 saturated carbocycles. The van der Waals surface area contributed by atoms with E-state index in [1.165, 1.54) is 18.9 Å². The van der Waals surface area contributed by atoms with Crippen LogP contribution < -0.4 is 5.32 Å². The Balaban J connectivity index is 1.37. The van der Waals surface area contributed by atoms with E-state index in [2.05, 4.69) is 5.32 Å². The van der Waals surface area contributed by atoms with Gasteiger partial charge >= 0.3 is 0 Å². The van der Waals surface area contributed by atoms with Gasteiger partial charge in [0.1, 0.15) is 5.82 Å². The quantitative estimate of drug-likeness (QED) is 0.870. The predicted octanol–water partition coefficient (Wildman–Crippen LogP) is 1.74. The molecule has 2 amide bonds. The fourth-order valence-corrected chi connectivity index (χ4v) is 2.66. The lowest BCUT2D eigenvalue weighted by Gasteiger charge is -2.38. The Hall–Kier alpha value is -1.91. The van der Waals surface area contributed by atoms with Gasteiger partial charge in [-0.2, -0.15) is 0 Å². The Bertz CT molecular complexity index is 566. The molecule has 5 heteroatoms. The molecule has 118 valence electrons. The molecule has 1 aromatic carbocycles. The van der Waals surface area contributed by atoms with Gasteiger partial charge in [0, 0.05) is 26.1 Å². The van der Waals surface area contributed by atoms with Crippen LogP contribution >= 0.6 is 0 Å². The van der Waals surface area contributed by atoms with Crippen molar-refractivity contribution in [3.63, 3.8) is 0 Å². The van der Waals surface area contributed by atoms with Crippen LogP contribution in [0, 0.1) is 17.7 Å². The minimum absolute atomic E-state index is 0.00510. The van der Waals surface area contributed by atoms with Crippen molar-refractivity contribution in [2.75, 3.05) is 19.6 Å². The van der Waals surface area contributed by atoms with E-state index in [1.807, 2.05) is 0 Å². The van der Waals surface area contributed by atoms with Crippen molar-refractivity contribution in [3.8, 4) is 0 Å². The molecule has 2 fully saturated rings. The van der Waals surface area contributed by atoms with Crippen LogP contribution in [0.5, 0.6) is 0 Å². The molecule has 2 aliphatic rings. The normalized spacial score (nSPS) is 18.0.